The van der Waals surface area contributed by atoms with Crippen molar-refractivity contribution in [3.05, 3.63) is 23.8 Å². The molecule has 0 aliphatic rings. The number of rotatable bonds is 3. The van der Waals surface area contributed by atoms with Crippen molar-refractivity contribution in [2.45, 2.75) is 30.2 Å². The Morgan fingerprint density at radius 1 is 1.16 bits per heavy atom. The Kier molecular flexibility index (Phi) is 2.93. The van der Waals surface area contributed by atoms with Crippen LogP contribution in [0.15, 0.2) is 23.1 Å². The van der Waals surface area contributed by atoms with Crippen LogP contribution in [0.1, 0.15) is 12.5 Å². The SMILES string of the molecule is Cc1cc(S(F)(F)(F)(F)C(C)(F)C(F)F)ccc1N. The summed E-state index contributed by atoms with van der Waals surface area (Å²) in [5, 5.41) is -5.26. The lowest BCUT2D eigenvalue weighted by atomic mass is 10.2. The topological polar surface area (TPSA) is 26.0 Å². The van der Waals surface area contributed by atoms with Crippen LogP contribution in [0.5, 0.6) is 0 Å². The van der Waals surface area contributed by atoms with E-state index in [0.717, 1.165) is 6.92 Å². The summed E-state index contributed by atoms with van der Waals surface area (Å²) in [6.45, 7) is 0.634. The van der Waals surface area contributed by atoms with Crippen molar-refractivity contribution in [3.63, 3.8) is 0 Å². The van der Waals surface area contributed by atoms with Crippen LogP contribution in [0.4, 0.5) is 34.4 Å². The molecule has 1 aromatic carbocycles. The molecule has 1 aromatic rings. The minimum atomic E-state index is -9.83. The summed E-state index contributed by atoms with van der Waals surface area (Å²) >= 11 is 0. The highest BCUT2D eigenvalue weighted by molar-refractivity contribution is 8.50. The van der Waals surface area contributed by atoms with E-state index in [9.17, 15) is 28.7 Å². The number of aryl methyl sites for hydroxylation is 1. The normalized spacial score (nSPS) is 19.7. The van der Waals surface area contributed by atoms with Gasteiger partial charge in [0.2, 0.25) is 9.84 Å². The molecule has 9 heteroatoms. The van der Waals surface area contributed by atoms with E-state index in [1.807, 2.05) is 0 Å². The standard InChI is InChI=1S/C10H12F7NS/c1-6-5-7(3-4-8(6)18)19(14,15,16,17)10(2,13)9(11)12/h3-5,9H,18H2,1-2H3. The van der Waals surface area contributed by atoms with E-state index in [0.29, 0.717) is 6.07 Å². The largest absolute Gasteiger partial charge is 0.399 e. The molecule has 0 radical (unpaired) electrons. The second-order valence-electron chi connectivity index (χ2n) is 4.37. The van der Waals surface area contributed by atoms with Gasteiger partial charge in [0.05, 0.1) is 4.90 Å². The maximum Gasteiger partial charge on any atom is 0.287 e. The molecule has 0 aliphatic carbocycles. The van der Waals surface area contributed by atoms with Crippen molar-refractivity contribution >= 4 is 15.5 Å². The van der Waals surface area contributed by atoms with E-state index in [4.69, 9.17) is 5.73 Å². The number of nitrogens with two attached hydrogens (primary N) is 1. The molecule has 0 amide bonds. The molecule has 1 atom stereocenters. The molecule has 1 rings (SSSR count). The summed E-state index contributed by atoms with van der Waals surface area (Å²) in [4.78, 5) is -2.06. The highest BCUT2D eigenvalue weighted by atomic mass is 32.5. The summed E-state index contributed by atoms with van der Waals surface area (Å²) in [6, 6.07) is 1.10. The van der Waals surface area contributed by atoms with Crippen LogP contribution in [0, 0.1) is 6.92 Å². The van der Waals surface area contributed by atoms with E-state index in [2.05, 4.69) is 0 Å². The number of halogens is 7. The van der Waals surface area contributed by atoms with E-state index in [1.165, 1.54) is 0 Å². The van der Waals surface area contributed by atoms with Gasteiger partial charge < -0.3 is 5.73 Å². The van der Waals surface area contributed by atoms with Gasteiger partial charge in [0, 0.05) is 5.69 Å². The highest BCUT2D eigenvalue weighted by Gasteiger charge is 2.82. The van der Waals surface area contributed by atoms with Gasteiger partial charge in [0.25, 0.3) is 11.4 Å². The zero-order valence-electron chi connectivity index (χ0n) is 9.94. The number of benzene rings is 1. The molecular formula is C10H12F7NS. The third-order valence-electron chi connectivity index (χ3n) is 2.91. The minimum Gasteiger partial charge on any atom is -0.399 e. The summed E-state index contributed by atoms with van der Waals surface area (Å²) in [5.41, 5.74) is 5.00. The first-order chi connectivity index (χ1) is 8.14. The number of hydrogen-bond acceptors (Lipinski definition) is 1. The van der Waals surface area contributed by atoms with Crippen LogP contribution < -0.4 is 5.73 Å². The van der Waals surface area contributed by atoms with Crippen molar-refractivity contribution in [3.8, 4) is 0 Å². The van der Waals surface area contributed by atoms with E-state index in [1.54, 1.807) is 0 Å². The minimum absolute atomic E-state index is 0.0882. The van der Waals surface area contributed by atoms with Gasteiger partial charge >= 0.3 is 0 Å². The second-order valence-corrected chi connectivity index (χ2v) is 7.78. The molecule has 19 heavy (non-hydrogen) atoms. The molecule has 0 saturated carbocycles. The maximum atomic E-state index is 13.8. The molecular weight excluding hydrogens is 299 g/mol. The van der Waals surface area contributed by atoms with Crippen LogP contribution in [-0.4, -0.2) is 11.4 Å². The monoisotopic (exact) mass is 311 g/mol. The van der Waals surface area contributed by atoms with Gasteiger partial charge in [-0.3, -0.25) is 0 Å². The van der Waals surface area contributed by atoms with E-state index >= 15 is 0 Å². The summed E-state index contributed by atoms with van der Waals surface area (Å²) < 4.78 is 93.2. The Morgan fingerprint density at radius 3 is 2.00 bits per heavy atom. The lowest BCUT2D eigenvalue weighted by Gasteiger charge is -2.56. The molecule has 0 bridgehead atoms. The van der Waals surface area contributed by atoms with Crippen molar-refractivity contribution < 1.29 is 28.7 Å². The Balaban J connectivity index is 3.70. The van der Waals surface area contributed by atoms with Gasteiger partial charge in [-0.15, -0.1) is 15.5 Å². The Bertz CT molecular complexity index is 519. The Morgan fingerprint density at radius 2 is 1.63 bits per heavy atom. The maximum absolute atomic E-state index is 13.8. The number of anilines is 1. The molecule has 0 aromatic heterocycles. The predicted molar refractivity (Wildman–Crippen MR) is 61.4 cm³/mol. The number of alkyl halides is 3. The third-order valence-corrected chi connectivity index (χ3v) is 5.89. The quantitative estimate of drug-likeness (QED) is 0.595. The average Bonchev–Trinajstić information content (AvgIpc) is 2.19. The summed E-state index contributed by atoms with van der Waals surface area (Å²) in [5.74, 6) is 0. The smallest absolute Gasteiger partial charge is 0.287 e. The summed E-state index contributed by atoms with van der Waals surface area (Å²) in [6.07, 6.45) is -4.54. The number of nitrogen functional groups attached to an aromatic ring is 1. The molecule has 112 valence electrons. The van der Waals surface area contributed by atoms with Crippen LogP contribution >= 0.6 is 9.84 Å². The fourth-order valence-corrected chi connectivity index (χ4v) is 2.89. The Labute approximate surface area is 105 Å². The highest BCUT2D eigenvalue weighted by Crippen LogP contribution is 3.06. The van der Waals surface area contributed by atoms with E-state index in [-0.39, 0.29) is 23.4 Å². The zero-order valence-corrected chi connectivity index (χ0v) is 10.8. The van der Waals surface area contributed by atoms with Crippen LogP contribution in [-0.2, 0) is 0 Å². The van der Waals surface area contributed by atoms with Gasteiger partial charge in [-0.05, 0) is 37.6 Å². The summed E-state index contributed by atoms with van der Waals surface area (Å²) in [7, 11) is -9.83. The van der Waals surface area contributed by atoms with Crippen LogP contribution in [0.3, 0.4) is 0 Å². The van der Waals surface area contributed by atoms with Crippen molar-refractivity contribution in [2.24, 2.45) is 0 Å². The molecule has 1 unspecified atom stereocenters. The van der Waals surface area contributed by atoms with Gasteiger partial charge in [-0.1, -0.05) is 0 Å². The first-order valence-electron chi connectivity index (χ1n) is 4.97. The lowest BCUT2D eigenvalue weighted by Crippen LogP contribution is -2.43. The van der Waals surface area contributed by atoms with Crippen LogP contribution in [0.2, 0.25) is 0 Å². The van der Waals surface area contributed by atoms with Crippen molar-refractivity contribution in [1.82, 2.24) is 0 Å². The molecule has 0 aliphatic heterocycles. The molecule has 2 N–H and O–H groups in total. The molecule has 0 saturated heterocycles. The van der Waals surface area contributed by atoms with Crippen molar-refractivity contribution in [2.75, 3.05) is 5.73 Å². The lowest BCUT2D eigenvalue weighted by molar-refractivity contribution is 0.0132. The van der Waals surface area contributed by atoms with Gasteiger partial charge in [0.15, 0.2) is 0 Å². The molecule has 0 heterocycles. The van der Waals surface area contributed by atoms with E-state index < -0.39 is 33.1 Å². The number of hydrogen-bond donors (Lipinski definition) is 1. The van der Waals surface area contributed by atoms with Gasteiger partial charge in [-0.2, -0.15) is 0 Å². The predicted octanol–water partition coefficient (Wildman–Crippen LogP) is 5.30. The van der Waals surface area contributed by atoms with Crippen molar-refractivity contribution in [1.29, 1.82) is 0 Å². The Hall–Kier alpha value is -1.12. The fourth-order valence-electron chi connectivity index (χ4n) is 1.31. The molecule has 0 spiro atoms. The first kappa shape index (κ1) is 15.9. The first-order valence-corrected chi connectivity index (χ1v) is 7.02. The molecule has 1 nitrogen and oxygen atoms in total. The molecule has 0 fully saturated rings. The van der Waals surface area contributed by atoms with Gasteiger partial charge in [-0.25, -0.2) is 13.2 Å². The van der Waals surface area contributed by atoms with Gasteiger partial charge in [0.1, 0.15) is 0 Å². The zero-order chi connectivity index (χ0) is 15.3. The average molecular weight is 311 g/mol. The van der Waals surface area contributed by atoms with Crippen LogP contribution in [0.25, 0.3) is 0 Å². The third kappa shape index (κ3) is 2.03. The fraction of sp³-hybridized carbons (Fsp3) is 0.400. The second kappa shape index (κ2) is 3.50.